The summed E-state index contributed by atoms with van der Waals surface area (Å²) in [6, 6.07) is 37.4. The number of hydrogen-bond acceptors (Lipinski definition) is 5. The molecule has 0 spiro atoms. The van der Waals surface area contributed by atoms with Crippen LogP contribution in [0.4, 0.5) is 28.4 Å². The SMILES string of the molecule is Cc1ccc(N(c2ccc(C)cc2)c2ccc(C3=C(O)/C(=C4/C=CC(=[N+](c5ccc(C)cc5)c5ccc(C)cc5)C=C4O)C3=O)c(O)c2)cc1. The minimum Gasteiger partial charge on any atom is -0.507 e. The van der Waals surface area contributed by atoms with E-state index in [1.165, 1.54) is 0 Å². The summed E-state index contributed by atoms with van der Waals surface area (Å²) in [7, 11) is 0. The first kappa shape index (κ1) is 32.2. The van der Waals surface area contributed by atoms with Gasteiger partial charge in [-0.3, -0.25) is 4.79 Å². The average Bonchev–Trinajstić information content (AvgIpc) is 3.10. The lowest BCUT2D eigenvalue weighted by molar-refractivity contribution is -0.111. The van der Waals surface area contributed by atoms with Gasteiger partial charge >= 0.3 is 0 Å². The van der Waals surface area contributed by atoms with Crippen LogP contribution in [0.15, 0.2) is 156 Å². The van der Waals surface area contributed by atoms with Crippen LogP contribution >= 0.6 is 0 Å². The monoisotopic (exact) mass is 657 g/mol. The third-order valence-corrected chi connectivity index (χ3v) is 9.11. The third-order valence-electron chi connectivity index (χ3n) is 9.11. The van der Waals surface area contributed by atoms with Gasteiger partial charge in [0.2, 0.25) is 22.9 Å². The highest BCUT2D eigenvalue weighted by molar-refractivity contribution is 6.40. The molecule has 0 aromatic heterocycles. The van der Waals surface area contributed by atoms with Crippen LogP contribution in [-0.4, -0.2) is 26.8 Å². The van der Waals surface area contributed by atoms with E-state index in [4.69, 9.17) is 0 Å². The molecule has 0 unspecified atom stereocenters. The maximum absolute atomic E-state index is 13.6. The van der Waals surface area contributed by atoms with Gasteiger partial charge in [0.15, 0.2) is 0 Å². The number of aliphatic hydroxyl groups is 2. The number of anilines is 3. The number of carbonyl (C=O) groups excluding carboxylic acids is 1. The smallest absolute Gasteiger partial charge is 0.215 e. The number of allylic oxidation sites excluding steroid dienone is 5. The van der Waals surface area contributed by atoms with Gasteiger partial charge in [0.1, 0.15) is 17.3 Å². The minimum absolute atomic E-state index is 0.00526. The average molecular weight is 658 g/mol. The van der Waals surface area contributed by atoms with Crippen molar-refractivity contribution in [3.8, 4) is 5.75 Å². The molecule has 6 nitrogen and oxygen atoms in total. The number of benzene rings is 5. The van der Waals surface area contributed by atoms with E-state index in [9.17, 15) is 20.1 Å². The molecule has 0 radical (unpaired) electrons. The third kappa shape index (κ3) is 5.92. The van der Waals surface area contributed by atoms with Crippen molar-refractivity contribution < 1.29 is 20.1 Å². The first-order valence-electron chi connectivity index (χ1n) is 16.5. The van der Waals surface area contributed by atoms with Crippen molar-refractivity contribution in [2.45, 2.75) is 27.7 Å². The standard InChI is InChI=1S/C44H36N2O4/c1-27-5-13-31(14-6-27)45(32-15-7-28(2)8-16-32)35-21-23-37(39(47)25-35)41-43(49)42(44(41)50)38-24-22-36(26-40(38)48)46(33-17-9-29(3)10-18-33)34-19-11-30(4)12-20-34/h5-26H,1-4H3,(H2,47,48,49,50)/p+1. The second-order valence-corrected chi connectivity index (χ2v) is 12.8. The van der Waals surface area contributed by atoms with Crippen molar-refractivity contribution >= 4 is 45.5 Å². The molecular formula is C44H37N2O4+. The maximum atomic E-state index is 13.6. The van der Waals surface area contributed by atoms with Gasteiger partial charge < -0.3 is 20.2 Å². The summed E-state index contributed by atoms with van der Waals surface area (Å²) >= 11 is 0. The molecule has 0 saturated carbocycles. The van der Waals surface area contributed by atoms with Crippen LogP contribution in [0.25, 0.3) is 5.57 Å². The summed E-state index contributed by atoms with van der Waals surface area (Å²) < 4.78 is 2.02. The fourth-order valence-corrected chi connectivity index (χ4v) is 6.31. The topological polar surface area (TPSA) is 84.0 Å². The molecule has 0 heterocycles. The molecule has 50 heavy (non-hydrogen) atoms. The molecule has 0 amide bonds. The Labute approximate surface area is 291 Å². The van der Waals surface area contributed by atoms with Crippen LogP contribution in [0.2, 0.25) is 0 Å². The van der Waals surface area contributed by atoms with Crippen molar-refractivity contribution in [3.63, 3.8) is 0 Å². The molecule has 5 aromatic carbocycles. The number of aryl methyl sites for hydroxylation is 4. The van der Waals surface area contributed by atoms with Gasteiger partial charge in [-0.05, 0) is 70.2 Å². The van der Waals surface area contributed by atoms with E-state index in [1.807, 2.05) is 146 Å². The van der Waals surface area contributed by atoms with E-state index in [0.717, 1.165) is 45.0 Å². The van der Waals surface area contributed by atoms with Crippen molar-refractivity contribution in [2.24, 2.45) is 0 Å². The number of aliphatic hydroxyl groups excluding tert-OH is 2. The Kier molecular flexibility index (Phi) is 8.30. The number of Topliss-reactive ketones (excluding diaryl/α,β-unsaturated/α-hetero) is 1. The van der Waals surface area contributed by atoms with Gasteiger partial charge in [0, 0.05) is 64.6 Å². The Morgan fingerprint density at radius 2 is 1.00 bits per heavy atom. The summed E-state index contributed by atoms with van der Waals surface area (Å²) in [4.78, 5) is 15.7. The molecule has 0 bridgehead atoms. The Morgan fingerprint density at radius 3 is 1.44 bits per heavy atom. The van der Waals surface area contributed by atoms with Crippen LogP contribution in [0.5, 0.6) is 5.75 Å². The second-order valence-electron chi connectivity index (χ2n) is 12.8. The molecule has 7 rings (SSSR count). The number of carbonyl (C=O) groups is 1. The number of nitrogens with zero attached hydrogens (tertiary/aromatic N) is 2. The summed E-state index contributed by atoms with van der Waals surface area (Å²) in [5.74, 6) is -1.03. The first-order valence-corrected chi connectivity index (χ1v) is 16.5. The van der Waals surface area contributed by atoms with E-state index in [-0.39, 0.29) is 39.6 Å². The van der Waals surface area contributed by atoms with Crippen molar-refractivity contribution in [1.82, 2.24) is 4.58 Å². The molecule has 6 heteroatoms. The van der Waals surface area contributed by atoms with Gasteiger partial charge in [-0.2, -0.15) is 4.58 Å². The van der Waals surface area contributed by atoms with Crippen LogP contribution in [0.3, 0.4) is 0 Å². The highest BCUT2D eigenvalue weighted by Gasteiger charge is 2.39. The zero-order chi connectivity index (χ0) is 35.1. The largest absolute Gasteiger partial charge is 0.507 e. The summed E-state index contributed by atoms with van der Waals surface area (Å²) in [5.41, 5.74) is 9.97. The number of phenols is 1. The number of ketones is 1. The van der Waals surface area contributed by atoms with Crippen LogP contribution < -0.4 is 9.48 Å². The van der Waals surface area contributed by atoms with E-state index < -0.39 is 5.78 Å². The predicted molar refractivity (Wildman–Crippen MR) is 203 cm³/mol. The van der Waals surface area contributed by atoms with Crippen molar-refractivity contribution in [2.75, 3.05) is 4.90 Å². The Morgan fingerprint density at radius 1 is 0.540 bits per heavy atom. The van der Waals surface area contributed by atoms with E-state index in [2.05, 4.69) is 0 Å². The zero-order valence-electron chi connectivity index (χ0n) is 28.3. The summed E-state index contributed by atoms with van der Waals surface area (Å²) in [6.45, 7) is 8.12. The summed E-state index contributed by atoms with van der Waals surface area (Å²) in [5, 5.41) is 33.8. The maximum Gasteiger partial charge on any atom is 0.215 e. The number of phenolic OH excluding ortho intramolecular Hbond substituents is 1. The Balaban J connectivity index is 1.25. The number of aromatic hydroxyl groups is 1. The molecule has 0 aliphatic heterocycles. The van der Waals surface area contributed by atoms with Crippen molar-refractivity contribution in [3.05, 3.63) is 184 Å². The quantitative estimate of drug-likeness (QED) is 0.125. The fourth-order valence-electron chi connectivity index (χ4n) is 6.31. The Bertz CT molecular complexity index is 2210. The predicted octanol–water partition coefficient (Wildman–Crippen LogP) is 10.2. The van der Waals surface area contributed by atoms with E-state index in [1.54, 1.807) is 24.3 Å². The van der Waals surface area contributed by atoms with Crippen molar-refractivity contribution in [1.29, 1.82) is 0 Å². The van der Waals surface area contributed by atoms with Gasteiger partial charge in [-0.25, -0.2) is 0 Å². The number of rotatable bonds is 6. The highest BCUT2D eigenvalue weighted by Crippen LogP contribution is 2.45. The molecule has 2 aliphatic rings. The first-order chi connectivity index (χ1) is 24.1. The van der Waals surface area contributed by atoms with Gasteiger partial charge in [0.05, 0.1) is 17.2 Å². The molecule has 0 saturated heterocycles. The molecule has 5 aromatic rings. The van der Waals surface area contributed by atoms with Crippen LogP contribution in [-0.2, 0) is 4.79 Å². The second kappa shape index (κ2) is 12.9. The van der Waals surface area contributed by atoms with Gasteiger partial charge in [-0.1, -0.05) is 70.8 Å². The highest BCUT2D eigenvalue weighted by atomic mass is 16.3. The normalized spacial score (nSPS) is 15.6. The zero-order valence-corrected chi connectivity index (χ0v) is 28.3. The molecule has 0 atom stereocenters. The summed E-state index contributed by atoms with van der Waals surface area (Å²) in [6.07, 6.45) is 5.05. The van der Waals surface area contributed by atoms with Gasteiger partial charge in [-0.15, -0.1) is 0 Å². The van der Waals surface area contributed by atoms with E-state index >= 15 is 0 Å². The molecule has 246 valence electrons. The number of hydrogen-bond donors (Lipinski definition) is 3. The minimum atomic E-state index is -0.462. The molecular weight excluding hydrogens is 620 g/mol. The lowest BCUT2D eigenvalue weighted by Gasteiger charge is -2.28. The Hall–Kier alpha value is -6.40. The lowest BCUT2D eigenvalue weighted by Crippen LogP contribution is -2.24. The molecule has 0 fully saturated rings. The fraction of sp³-hybridized carbons (Fsp3) is 0.0909. The molecule has 3 N–H and O–H groups in total. The van der Waals surface area contributed by atoms with Crippen LogP contribution in [0.1, 0.15) is 27.8 Å². The molecule has 2 aliphatic carbocycles. The lowest BCUT2D eigenvalue weighted by atomic mass is 9.79. The van der Waals surface area contributed by atoms with Crippen LogP contribution in [0, 0.1) is 27.7 Å². The van der Waals surface area contributed by atoms with Gasteiger partial charge in [0.25, 0.3) is 0 Å². The van der Waals surface area contributed by atoms with E-state index in [0.29, 0.717) is 11.4 Å².